The largest absolute Gasteiger partial charge is 0.360 e. The van der Waals surface area contributed by atoms with E-state index < -0.39 is 20.7 Å². The molecule has 0 radical (unpaired) electrons. The van der Waals surface area contributed by atoms with Crippen molar-refractivity contribution in [2.75, 3.05) is 12.4 Å². The molecular formula is C11H10FN7O2S. The molecule has 0 aliphatic heterocycles. The molecule has 0 aliphatic carbocycles. The lowest BCUT2D eigenvalue weighted by Crippen LogP contribution is -2.20. The summed E-state index contributed by atoms with van der Waals surface area (Å²) < 4.78 is 39.0. The van der Waals surface area contributed by atoms with Crippen LogP contribution in [0.4, 0.5) is 10.1 Å². The van der Waals surface area contributed by atoms with E-state index >= 15 is 0 Å². The Kier molecular flexibility index (Phi) is 4.44. The number of nitriles is 1. The molecule has 11 heteroatoms. The fourth-order valence-corrected chi connectivity index (χ4v) is 2.31. The maximum absolute atomic E-state index is 13.6. The van der Waals surface area contributed by atoms with Crippen LogP contribution in [0.5, 0.6) is 0 Å². The Morgan fingerprint density at radius 3 is 2.86 bits per heavy atom. The Balaban J connectivity index is 2.32. The lowest BCUT2D eigenvalue weighted by molar-refractivity contribution is 0.562. The van der Waals surface area contributed by atoms with Crippen molar-refractivity contribution in [3.8, 4) is 6.07 Å². The van der Waals surface area contributed by atoms with Crippen molar-refractivity contribution in [2.45, 2.75) is 4.90 Å². The topological polar surface area (TPSA) is 136 Å². The molecule has 2 aromatic rings. The summed E-state index contributed by atoms with van der Waals surface area (Å²) in [5.41, 5.74) is 0.336. The van der Waals surface area contributed by atoms with Gasteiger partial charge in [0.15, 0.2) is 0 Å². The summed E-state index contributed by atoms with van der Waals surface area (Å²) in [5.74, 6) is -0.817. The molecule has 0 unspecified atom stereocenters. The Labute approximate surface area is 124 Å². The van der Waals surface area contributed by atoms with Crippen LogP contribution in [0.25, 0.3) is 5.57 Å². The molecule has 22 heavy (non-hydrogen) atoms. The van der Waals surface area contributed by atoms with Crippen LogP contribution in [0.2, 0.25) is 0 Å². The molecule has 0 aliphatic rings. The number of tetrazole rings is 1. The van der Waals surface area contributed by atoms with E-state index in [0.29, 0.717) is 0 Å². The second-order valence-corrected chi connectivity index (χ2v) is 5.76. The average Bonchev–Trinajstić information content (AvgIpc) is 3.03. The number of allylic oxidation sites excluding steroid dienone is 1. The third-order valence-corrected chi connectivity index (χ3v) is 4.01. The molecule has 0 saturated heterocycles. The first-order valence-electron chi connectivity index (χ1n) is 5.81. The van der Waals surface area contributed by atoms with Crippen LogP contribution in [-0.4, -0.2) is 36.1 Å². The second-order valence-electron chi connectivity index (χ2n) is 3.90. The smallest absolute Gasteiger partial charge is 0.243 e. The zero-order valence-corrected chi connectivity index (χ0v) is 12.0. The molecule has 0 spiro atoms. The first-order chi connectivity index (χ1) is 10.5. The number of sulfonamides is 1. The van der Waals surface area contributed by atoms with Gasteiger partial charge in [0.25, 0.3) is 0 Å². The highest BCUT2D eigenvalue weighted by Crippen LogP contribution is 2.20. The van der Waals surface area contributed by atoms with Gasteiger partial charge in [0, 0.05) is 11.9 Å². The number of nitrogens with zero attached hydrogens (tertiary/aromatic N) is 4. The van der Waals surface area contributed by atoms with Crippen LogP contribution in [-0.2, 0) is 10.0 Å². The van der Waals surface area contributed by atoms with Gasteiger partial charge in [-0.15, -0.1) is 10.2 Å². The number of H-pyrrole nitrogens is 1. The second kappa shape index (κ2) is 6.29. The Morgan fingerprint density at radius 1 is 1.50 bits per heavy atom. The van der Waals surface area contributed by atoms with E-state index in [0.717, 1.165) is 12.1 Å². The fourth-order valence-electron chi connectivity index (χ4n) is 1.49. The number of hydrogen-bond acceptors (Lipinski definition) is 7. The molecular weight excluding hydrogens is 313 g/mol. The number of aromatic amines is 1. The van der Waals surface area contributed by atoms with Gasteiger partial charge in [-0.2, -0.15) is 10.5 Å². The maximum Gasteiger partial charge on any atom is 0.243 e. The van der Waals surface area contributed by atoms with Crippen molar-refractivity contribution >= 4 is 21.3 Å². The predicted molar refractivity (Wildman–Crippen MR) is 74.0 cm³/mol. The SMILES string of the molecule is CNS(=O)(=O)c1cc(NC=C(C#N)c2nn[nH]n2)ccc1F. The third-order valence-electron chi connectivity index (χ3n) is 2.58. The zero-order chi connectivity index (χ0) is 16.2. The summed E-state index contributed by atoms with van der Waals surface area (Å²) in [7, 11) is -2.75. The van der Waals surface area contributed by atoms with E-state index in [1.165, 1.54) is 19.3 Å². The molecule has 0 atom stereocenters. The van der Waals surface area contributed by atoms with Crippen LogP contribution < -0.4 is 10.0 Å². The number of anilines is 1. The molecule has 0 amide bonds. The van der Waals surface area contributed by atoms with E-state index in [1.807, 2.05) is 10.8 Å². The van der Waals surface area contributed by atoms with Crippen LogP contribution in [0.15, 0.2) is 29.3 Å². The van der Waals surface area contributed by atoms with Gasteiger partial charge in [-0.1, -0.05) is 0 Å². The monoisotopic (exact) mass is 323 g/mol. The molecule has 2 rings (SSSR count). The Bertz CT molecular complexity index is 840. The summed E-state index contributed by atoms with van der Waals surface area (Å²) >= 11 is 0. The highest BCUT2D eigenvalue weighted by molar-refractivity contribution is 7.89. The number of aromatic nitrogens is 4. The van der Waals surface area contributed by atoms with Crippen molar-refractivity contribution in [1.82, 2.24) is 25.3 Å². The van der Waals surface area contributed by atoms with Crippen molar-refractivity contribution in [2.24, 2.45) is 0 Å². The lowest BCUT2D eigenvalue weighted by atomic mass is 10.3. The molecule has 3 N–H and O–H groups in total. The summed E-state index contributed by atoms with van der Waals surface area (Å²) in [5, 5.41) is 24.5. The Hall–Kier alpha value is -2.84. The van der Waals surface area contributed by atoms with E-state index in [2.05, 4.69) is 25.9 Å². The van der Waals surface area contributed by atoms with Gasteiger partial charge in [-0.25, -0.2) is 17.5 Å². The summed E-state index contributed by atoms with van der Waals surface area (Å²) in [6, 6.07) is 5.28. The van der Waals surface area contributed by atoms with Gasteiger partial charge in [0.2, 0.25) is 15.8 Å². The van der Waals surface area contributed by atoms with Gasteiger partial charge in [-0.05, 0) is 30.5 Å². The average molecular weight is 323 g/mol. The quantitative estimate of drug-likeness (QED) is 0.669. The molecule has 0 bridgehead atoms. The van der Waals surface area contributed by atoms with Gasteiger partial charge >= 0.3 is 0 Å². The van der Waals surface area contributed by atoms with Crippen LogP contribution >= 0.6 is 0 Å². The normalized spacial score (nSPS) is 12.0. The van der Waals surface area contributed by atoms with Crippen molar-refractivity contribution in [3.05, 3.63) is 36.0 Å². The number of benzene rings is 1. The minimum Gasteiger partial charge on any atom is -0.360 e. The van der Waals surface area contributed by atoms with Crippen LogP contribution in [0, 0.1) is 17.1 Å². The van der Waals surface area contributed by atoms with Crippen molar-refractivity contribution in [1.29, 1.82) is 5.26 Å². The van der Waals surface area contributed by atoms with E-state index in [4.69, 9.17) is 5.26 Å². The zero-order valence-electron chi connectivity index (χ0n) is 11.2. The van der Waals surface area contributed by atoms with E-state index in [1.54, 1.807) is 0 Å². The van der Waals surface area contributed by atoms with E-state index in [-0.39, 0.29) is 17.1 Å². The molecule has 0 saturated carbocycles. The number of rotatable bonds is 5. The van der Waals surface area contributed by atoms with Crippen molar-refractivity contribution in [3.63, 3.8) is 0 Å². The molecule has 0 fully saturated rings. The first-order valence-corrected chi connectivity index (χ1v) is 7.30. The number of hydrogen-bond donors (Lipinski definition) is 3. The maximum atomic E-state index is 13.6. The number of nitrogens with one attached hydrogen (secondary N) is 3. The molecule has 1 aromatic heterocycles. The Morgan fingerprint density at radius 2 is 2.27 bits per heavy atom. The lowest BCUT2D eigenvalue weighted by Gasteiger charge is -2.07. The van der Waals surface area contributed by atoms with Gasteiger partial charge in [0.1, 0.15) is 22.4 Å². The summed E-state index contributed by atoms with van der Waals surface area (Å²) in [4.78, 5) is -0.508. The third kappa shape index (κ3) is 3.25. The minimum atomic E-state index is -3.93. The summed E-state index contributed by atoms with van der Waals surface area (Å²) in [6.45, 7) is 0. The minimum absolute atomic E-state index is 0.0658. The first kappa shape index (κ1) is 15.5. The van der Waals surface area contributed by atoms with Gasteiger partial charge < -0.3 is 5.32 Å². The number of halogens is 1. The highest BCUT2D eigenvalue weighted by Gasteiger charge is 2.17. The highest BCUT2D eigenvalue weighted by atomic mass is 32.2. The van der Waals surface area contributed by atoms with Gasteiger partial charge in [-0.3, -0.25) is 0 Å². The predicted octanol–water partition coefficient (Wildman–Crippen LogP) is 0.223. The van der Waals surface area contributed by atoms with Crippen LogP contribution in [0.1, 0.15) is 5.82 Å². The molecule has 114 valence electrons. The standard InChI is InChI=1S/C11H10FN7O2S/c1-14-22(20,21)10-4-8(2-3-9(10)12)15-6-7(5-13)11-16-18-19-17-11/h2-4,6,14-15H,1H3,(H,16,17,18,19). The van der Waals surface area contributed by atoms with Crippen molar-refractivity contribution < 1.29 is 12.8 Å². The van der Waals surface area contributed by atoms with E-state index in [9.17, 15) is 12.8 Å². The summed E-state index contributed by atoms with van der Waals surface area (Å²) in [6.07, 6.45) is 1.26. The van der Waals surface area contributed by atoms with Gasteiger partial charge in [0.05, 0.1) is 0 Å². The molecule has 1 heterocycles. The fraction of sp³-hybridized carbons (Fsp3) is 0.0909. The molecule has 1 aromatic carbocycles. The molecule has 9 nitrogen and oxygen atoms in total. The van der Waals surface area contributed by atoms with Crippen LogP contribution in [0.3, 0.4) is 0 Å².